The normalized spacial score (nSPS) is 12.4. The first-order valence-electron chi connectivity index (χ1n) is 6.36. The zero-order valence-corrected chi connectivity index (χ0v) is 12.1. The van der Waals surface area contributed by atoms with Crippen LogP contribution in [0.1, 0.15) is 11.7 Å². The van der Waals surface area contributed by atoms with Crippen molar-refractivity contribution in [3.8, 4) is 0 Å². The Kier molecular flexibility index (Phi) is 3.57. The molecule has 3 aromatic rings. The van der Waals surface area contributed by atoms with Gasteiger partial charge in [-0.2, -0.15) is 0 Å². The van der Waals surface area contributed by atoms with Crippen LogP contribution in [0, 0.1) is 0 Å². The van der Waals surface area contributed by atoms with Gasteiger partial charge in [-0.3, -0.25) is 4.79 Å². The van der Waals surface area contributed by atoms with E-state index >= 15 is 0 Å². The van der Waals surface area contributed by atoms with E-state index in [-0.39, 0.29) is 5.56 Å². The maximum atomic E-state index is 12.5. The maximum absolute atomic E-state index is 12.5. The van der Waals surface area contributed by atoms with Crippen LogP contribution in [0.5, 0.6) is 0 Å². The summed E-state index contributed by atoms with van der Waals surface area (Å²) in [6.45, 7) is 0. The highest BCUT2D eigenvalue weighted by Crippen LogP contribution is 2.22. The second-order valence-corrected chi connectivity index (χ2v) is 5.55. The fraction of sp³-hybridized carbons (Fsp3) is 0.214. The molecule has 1 atom stereocenters. The highest BCUT2D eigenvalue weighted by Gasteiger charge is 2.25. The first-order valence-corrected chi connectivity index (χ1v) is 7.13. The minimum Gasteiger partial charge on any atom is -0.467 e. The van der Waals surface area contributed by atoms with Crippen LogP contribution in [0.4, 0.5) is 0 Å². The van der Waals surface area contributed by atoms with Gasteiger partial charge < -0.3 is 9.72 Å². The molecule has 0 unspecified atom stereocenters. The van der Waals surface area contributed by atoms with Crippen LogP contribution in [-0.4, -0.2) is 27.0 Å². The number of hydrogen-bond acceptors (Lipinski definition) is 5. The fourth-order valence-electron chi connectivity index (χ4n) is 2.20. The number of H-pyrrole nitrogens is 1. The van der Waals surface area contributed by atoms with Gasteiger partial charge in [0.15, 0.2) is 6.04 Å². The molecule has 2 aromatic heterocycles. The van der Waals surface area contributed by atoms with E-state index in [1.807, 2.05) is 18.2 Å². The van der Waals surface area contributed by atoms with Crippen LogP contribution in [0.2, 0.25) is 0 Å². The maximum Gasteiger partial charge on any atom is 0.330 e. The minimum absolute atomic E-state index is 0.175. The van der Waals surface area contributed by atoms with Gasteiger partial charge in [-0.1, -0.05) is 23.7 Å². The number of aromatic amines is 1. The lowest BCUT2D eigenvalue weighted by atomic mass is 10.1. The van der Waals surface area contributed by atoms with Crippen molar-refractivity contribution in [2.75, 3.05) is 7.11 Å². The molecular formula is C14H13N3O3S. The molecule has 0 fully saturated rings. The average molecular weight is 303 g/mol. The van der Waals surface area contributed by atoms with Crippen molar-refractivity contribution in [1.82, 2.24) is 13.9 Å². The number of rotatable bonds is 4. The Hall–Kier alpha value is -2.41. The topological polar surface area (TPSA) is 77.0 Å². The van der Waals surface area contributed by atoms with E-state index in [0.29, 0.717) is 11.8 Å². The van der Waals surface area contributed by atoms with Gasteiger partial charge in [0, 0.05) is 18.3 Å². The molecule has 108 valence electrons. The van der Waals surface area contributed by atoms with Gasteiger partial charge in [-0.05, 0) is 12.1 Å². The van der Waals surface area contributed by atoms with Crippen molar-refractivity contribution in [3.05, 3.63) is 52.8 Å². The van der Waals surface area contributed by atoms with Crippen molar-refractivity contribution in [1.29, 1.82) is 0 Å². The zero-order chi connectivity index (χ0) is 14.8. The summed E-state index contributed by atoms with van der Waals surface area (Å²) in [6, 6.07) is 6.60. The number of carbonyl (C=O) groups excluding carboxylic acids is 1. The number of imidazole rings is 1. The summed E-state index contributed by atoms with van der Waals surface area (Å²) in [5.74, 6) is -0.446. The first-order chi connectivity index (χ1) is 10.2. The largest absolute Gasteiger partial charge is 0.467 e. The van der Waals surface area contributed by atoms with E-state index in [9.17, 15) is 9.59 Å². The Balaban J connectivity index is 2.07. The smallest absolute Gasteiger partial charge is 0.330 e. The lowest BCUT2D eigenvalue weighted by Gasteiger charge is -2.13. The van der Waals surface area contributed by atoms with Crippen LogP contribution in [-0.2, 0) is 16.0 Å². The molecule has 0 aliphatic heterocycles. The lowest BCUT2D eigenvalue weighted by Crippen LogP contribution is -2.28. The summed E-state index contributed by atoms with van der Waals surface area (Å²) in [6.07, 6.45) is 3.51. The number of nitrogens with zero attached hydrogens (tertiary/aromatic N) is 2. The first kappa shape index (κ1) is 13.6. The monoisotopic (exact) mass is 303 g/mol. The number of carbonyl (C=O) groups is 1. The molecule has 0 saturated heterocycles. The number of aromatic nitrogens is 3. The lowest BCUT2D eigenvalue weighted by molar-refractivity contribution is -0.144. The molecule has 0 amide bonds. The summed E-state index contributed by atoms with van der Waals surface area (Å²) in [7, 11) is 1.32. The predicted molar refractivity (Wildman–Crippen MR) is 79.4 cm³/mol. The van der Waals surface area contributed by atoms with E-state index in [1.54, 1.807) is 12.3 Å². The number of ether oxygens (including phenoxy) is 1. The average Bonchev–Trinajstić information content (AvgIpc) is 3.13. The molecule has 0 spiro atoms. The van der Waals surface area contributed by atoms with Crippen LogP contribution in [0.3, 0.4) is 0 Å². The van der Waals surface area contributed by atoms with Crippen molar-refractivity contribution in [3.63, 3.8) is 0 Å². The van der Waals surface area contributed by atoms with Crippen LogP contribution >= 0.6 is 11.5 Å². The quantitative estimate of drug-likeness (QED) is 0.745. The van der Waals surface area contributed by atoms with Gasteiger partial charge in [-0.25, -0.2) is 13.7 Å². The highest BCUT2D eigenvalue weighted by molar-refractivity contribution is 7.14. The predicted octanol–water partition coefficient (Wildman–Crippen LogP) is 1.74. The van der Waals surface area contributed by atoms with Crippen LogP contribution in [0.25, 0.3) is 10.1 Å². The van der Waals surface area contributed by atoms with Gasteiger partial charge in [0.25, 0.3) is 5.56 Å². The molecule has 0 radical (unpaired) electrons. The van der Waals surface area contributed by atoms with Gasteiger partial charge in [0.1, 0.15) is 0 Å². The highest BCUT2D eigenvalue weighted by atomic mass is 32.1. The molecule has 0 bridgehead atoms. The third-order valence-electron chi connectivity index (χ3n) is 3.24. The summed E-state index contributed by atoms with van der Waals surface area (Å²) in [5, 5.41) is 0.612. The molecule has 2 heterocycles. The summed E-state index contributed by atoms with van der Waals surface area (Å²) in [4.78, 5) is 31.4. The summed E-state index contributed by atoms with van der Waals surface area (Å²) < 4.78 is 7.16. The molecule has 6 nitrogen and oxygen atoms in total. The van der Waals surface area contributed by atoms with Gasteiger partial charge >= 0.3 is 5.97 Å². The molecule has 0 saturated carbocycles. The van der Waals surface area contributed by atoms with E-state index in [1.165, 1.54) is 28.9 Å². The molecule has 0 aliphatic carbocycles. The Morgan fingerprint density at radius 2 is 2.29 bits per heavy atom. The molecule has 21 heavy (non-hydrogen) atoms. The van der Waals surface area contributed by atoms with Crippen LogP contribution in [0.15, 0.2) is 41.6 Å². The van der Waals surface area contributed by atoms with Crippen molar-refractivity contribution in [2.45, 2.75) is 12.5 Å². The molecule has 0 aliphatic rings. The Morgan fingerprint density at radius 1 is 1.48 bits per heavy atom. The van der Waals surface area contributed by atoms with E-state index in [0.717, 1.165) is 10.4 Å². The van der Waals surface area contributed by atoms with Crippen molar-refractivity contribution < 1.29 is 9.53 Å². The Bertz CT molecular complexity index is 819. The number of nitrogens with one attached hydrogen (secondary N) is 1. The number of fused-ring (bicyclic) bond motifs is 1. The van der Waals surface area contributed by atoms with Gasteiger partial charge in [0.2, 0.25) is 0 Å². The molecule has 7 heteroatoms. The summed E-state index contributed by atoms with van der Waals surface area (Å²) >= 11 is 1.27. The SMILES string of the molecule is COC(=O)[C@@H](Cc1cnc[nH]1)n1sc2ccccc2c1=O. The van der Waals surface area contributed by atoms with E-state index in [2.05, 4.69) is 9.97 Å². The molecule has 1 aromatic carbocycles. The number of esters is 1. The van der Waals surface area contributed by atoms with Crippen molar-refractivity contribution in [2.24, 2.45) is 0 Å². The molecule has 1 N–H and O–H groups in total. The van der Waals surface area contributed by atoms with E-state index < -0.39 is 12.0 Å². The molecule has 3 rings (SSSR count). The fourth-order valence-corrected chi connectivity index (χ4v) is 3.27. The Labute approximate surface area is 124 Å². The van der Waals surface area contributed by atoms with Gasteiger partial charge in [-0.15, -0.1) is 0 Å². The summed E-state index contributed by atoms with van der Waals surface area (Å²) in [5.41, 5.74) is 0.597. The molecular weight excluding hydrogens is 290 g/mol. The third-order valence-corrected chi connectivity index (χ3v) is 4.41. The number of benzene rings is 1. The number of methoxy groups -OCH3 is 1. The van der Waals surface area contributed by atoms with E-state index in [4.69, 9.17) is 4.74 Å². The standard InChI is InChI=1S/C14H13N3O3S/c1-20-14(19)11(6-9-7-15-8-16-9)17-13(18)10-4-2-3-5-12(10)21-17/h2-5,7-8,11H,6H2,1H3,(H,15,16)/t11-/m1/s1. The van der Waals surface area contributed by atoms with Crippen LogP contribution < -0.4 is 5.56 Å². The zero-order valence-electron chi connectivity index (χ0n) is 11.3. The Morgan fingerprint density at radius 3 is 2.95 bits per heavy atom. The third kappa shape index (κ3) is 2.47. The number of hydrogen-bond donors (Lipinski definition) is 1. The second-order valence-electron chi connectivity index (χ2n) is 4.54. The van der Waals surface area contributed by atoms with Gasteiger partial charge in [0.05, 0.1) is 23.5 Å². The second kappa shape index (κ2) is 5.53. The van der Waals surface area contributed by atoms with Crippen molar-refractivity contribution >= 4 is 27.6 Å². The minimum atomic E-state index is -0.694.